The number of para-hydroxylation sites is 2. The number of nitrogens with one attached hydrogen (secondary N) is 1. The zero-order valence-electron chi connectivity index (χ0n) is 11.6. The molecule has 1 N–H and O–H groups in total. The Kier molecular flexibility index (Phi) is 3.12. The molecule has 0 fully saturated rings. The number of rotatable bonds is 2. The van der Waals surface area contributed by atoms with Gasteiger partial charge < -0.3 is 0 Å². The average Bonchev–Trinajstić information content (AvgIpc) is 2.83. The molecule has 3 aromatic carbocycles. The van der Waals surface area contributed by atoms with Crippen molar-refractivity contribution in [1.29, 1.82) is 0 Å². The van der Waals surface area contributed by atoms with Crippen LogP contribution in [-0.4, -0.2) is 4.68 Å². The number of hydrogen-bond acceptors (Lipinski definition) is 1. The van der Waals surface area contributed by atoms with Crippen molar-refractivity contribution in [2.75, 3.05) is 5.43 Å². The fourth-order valence-electron chi connectivity index (χ4n) is 2.76. The van der Waals surface area contributed by atoms with E-state index in [1.54, 1.807) is 6.07 Å². The molecule has 1 heterocycles. The standard InChI is InChI=1S/C18H12BrFN2/c19-12-9-10-17-15(11-12)14-7-4-8-16(20)18(14)22(17)21-13-5-2-1-3-6-13/h1-11,21H. The van der Waals surface area contributed by atoms with E-state index < -0.39 is 0 Å². The molecule has 0 atom stereocenters. The van der Waals surface area contributed by atoms with Gasteiger partial charge in [0, 0.05) is 15.2 Å². The van der Waals surface area contributed by atoms with Crippen molar-refractivity contribution in [3.8, 4) is 0 Å². The van der Waals surface area contributed by atoms with Gasteiger partial charge in [-0.25, -0.2) is 4.39 Å². The molecule has 4 rings (SSSR count). The van der Waals surface area contributed by atoms with Gasteiger partial charge in [-0.05, 0) is 36.4 Å². The molecule has 22 heavy (non-hydrogen) atoms. The molecular weight excluding hydrogens is 343 g/mol. The van der Waals surface area contributed by atoms with Gasteiger partial charge in [-0.2, -0.15) is 0 Å². The Balaban J connectivity index is 2.06. The van der Waals surface area contributed by atoms with Crippen molar-refractivity contribution in [3.05, 3.63) is 77.0 Å². The second-order valence-electron chi connectivity index (χ2n) is 5.11. The van der Waals surface area contributed by atoms with Gasteiger partial charge in [0.15, 0.2) is 0 Å². The number of nitrogens with zero attached hydrogens (tertiary/aromatic N) is 1. The van der Waals surface area contributed by atoms with Crippen LogP contribution in [0, 0.1) is 5.82 Å². The van der Waals surface area contributed by atoms with Crippen molar-refractivity contribution in [2.24, 2.45) is 0 Å². The Labute approximate surface area is 135 Å². The molecule has 1 aromatic heterocycles. The Bertz CT molecular complexity index is 977. The van der Waals surface area contributed by atoms with Gasteiger partial charge in [-0.3, -0.25) is 10.1 Å². The number of fused-ring (bicyclic) bond motifs is 3. The van der Waals surface area contributed by atoms with Crippen molar-refractivity contribution < 1.29 is 4.39 Å². The van der Waals surface area contributed by atoms with E-state index in [0.717, 1.165) is 26.4 Å². The van der Waals surface area contributed by atoms with Gasteiger partial charge in [-0.1, -0.05) is 46.3 Å². The summed E-state index contributed by atoms with van der Waals surface area (Å²) in [6.07, 6.45) is 0. The van der Waals surface area contributed by atoms with Crippen molar-refractivity contribution in [2.45, 2.75) is 0 Å². The van der Waals surface area contributed by atoms with E-state index in [1.165, 1.54) is 6.07 Å². The minimum Gasteiger partial charge on any atom is -0.294 e. The third-order valence-electron chi connectivity index (χ3n) is 3.71. The van der Waals surface area contributed by atoms with Gasteiger partial charge in [0.05, 0.1) is 11.2 Å². The van der Waals surface area contributed by atoms with Crippen LogP contribution in [0.25, 0.3) is 21.8 Å². The summed E-state index contributed by atoms with van der Waals surface area (Å²) < 4.78 is 17.2. The first kappa shape index (κ1) is 13.3. The first-order valence-electron chi connectivity index (χ1n) is 6.94. The van der Waals surface area contributed by atoms with Crippen molar-refractivity contribution >= 4 is 43.4 Å². The first-order chi connectivity index (χ1) is 10.7. The van der Waals surface area contributed by atoms with Crippen LogP contribution in [0.1, 0.15) is 0 Å². The van der Waals surface area contributed by atoms with E-state index in [9.17, 15) is 4.39 Å². The van der Waals surface area contributed by atoms with E-state index >= 15 is 0 Å². The second-order valence-corrected chi connectivity index (χ2v) is 6.03. The SMILES string of the molecule is Fc1cccc2c3cc(Br)ccc3n(Nc3ccccc3)c12. The number of halogens is 2. The molecule has 0 aliphatic carbocycles. The van der Waals surface area contributed by atoms with E-state index in [0.29, 0.717) is 5.52 Å². The van der Waals surface area contributed by atoms with Crippen LogP contribution in [0.2, 0.25) is 0 Å². The molecule has 0 saturated heterocycles. The molecule has 4 heteroatoms. The molecule has 0 unspecified atom stereocenters. The van der Waals surface area contributed by atoms with Gasteiger partial charge in [0.1, 0.15) is 11.3 Å². The van der Waals surface area contributed by atoms with E-state index in [1.807, 2.05) is 59.3 Å². The highest BCUT2D eigenvalue weighted by molar-refractivity contribution is 9.10. The Morgan fingerprint density at radius 1 is 0.864 bits per heavy atom. The Morgan fingerprint density at radius 2 is 1.68 bits per heavy atom. The lowest BCUT2D eigenvalue weighted by molar-refractivity contribution is 0.634. The normalized spacial score (nSPS) is 11.2. The van der Waals surface area contributed by atoms with Gasteiger partial charge in [0.25, 0.3) is 0 Å². The topological polar surface area (TPSA) is 17.0 Å². The minimum absolute atomic E-state index is 0.242. The van der Waals surface area contributed by atoms with Crippen LogP contribution in [0.15, 0.2) is 71.2 Å². The van der Waals surface area contributed by atoms with Gasteiger partial charge in [-0.15, -0.1) is 0 Å². The van der Waals surface area contributed by atoms with Crippen LogP contribution in [0.3, 0.4) is 0 Å². The summed E-state index contributed by atoms with van der Waals surface area (Å²) in [5, 5.41) is 1.90. The molecule has 0 amide bonds. The Morgan fingerprint density at radius 3 is 2.50 bits per heavy atom. The highest BCUT2D eigenvalue weighted by Gasteiger charge is 2.14. The predicted molar refractivity (Wildman–Crippen MR) is 92.6 cm³/mol. The lowest BCUT2D eigenvalue weighted by atomic mass is 10.1. The lowest BCUT2D eigenvalue weighted by Gasteiger charge is -2.11. The van der Waals surface area contributed by atoms with E-state index in [-0.39, 0.29) is 5.82 Å². The summed E-state index contributed by atoms with van der Waals surface area (Å²) in [6.45, 7) is 0. The van der Waals surface area contributed by atoms with Crippen LogP contribution in [-0.2, 0) is 0 Å². The molecule has 0 bridgehead atoms. The van der Waals surface area contributed by atoms with Crippen molar-refractivity contribution in [3.63, 3.8) is 0 Å². The summed E-state index contributed by atoms with van der Waals surface area (Å²) in [5.74, 6) is -0.242. The fourth-order valence-corrected chi connectivity index (χ4v) is 3.12. The van der Waals surface area contributed by atoms with Crippen LogP contribution >= 0.6 is 15.9 Å². The second kappa shape index (κ2) is 5.14. The number of aromatic nitrogens is 1. The maximum Gasteiger partial charge on any atom is 0.149 e. The summed E-state index contributed by atoms with van der Waals surface area (Å²) in [6, 6.07) is 20.9. The third kappa shape index (κ3) is 2.07. The van der Waals surface area contributed by atoms with E-state index in [4.69, 9.17) is 0 Å². The summed E-state index contributed by atoms with van der Waals surface area (Å²) >= 11 is 3.49. The maximum absolute atomic E-state index is 14.4. The maximum atomic E-state index is 14.4. The van der Waals surface area contributed by atoms with Crippen LogP contribution in [0.5, 0.6) is 0 Å². The molecule has 0 saturated carbocycles. The van der Waals surface area contributed by atoms with Crippen LogP contribution in [0.4, 0.5) is 10.1 Å². The lowest BCUT2D eigenvalue weighted by Crippen LogP contribution is -2.09. The molecular formula is C18H12BrFN2. The fraction of sp³-hybridized carbons (Fsp3) is 0. The number of anilines is 1. The molecule has 4 aromatic rings. The largest absolute Gasteiger partial charge is 0.294 e. The summed E-state index contributed by atoms with van der Waals surface area (Å²) in [7, 11) is 0. The number of hydrogen-bond donors (Lipinski definition) is 1. The highest BCUT2D eigenvalue weighted by Crippen LogP contribution is 2.32. The molecule has 0 aliphatic rings. The Hall–Kier alpha value is -2.33. The minimum atomic E-state index is -0.242. The monoisotopic (exact) mass is 354 g/mol. The predicted octanol–water partition coefficient (Wildman–Crippen LogP) is 5.57. The zero-order chi connectivity index (χ0) is 15.1. The summed E-state index contributed by atoms with van der Waals surface area (Å²) in [5.41, 5.74) is 5.69. The van der Waals surface area contributed by atoms with Gasteiger partial charge >= 0.3 is 0 Å². The first-order valence-corrected chi connectivity index (χ1v) is 7.73. The van der Waals surface area contributed by atoms with Crippen LogP contribution < -0.4 is 5.43 Å². The molecule has 108 valence electrons. The molecule has 0 aliphatic heterocycles. The summed E-state index contributed by atoms with van der Waals surface area (Å²) in [4.78, 5) is 0. The third-order valence-corrected chi connectivity index (χ3v) is 4.21. The average molecular weight is 355 g/mol. The smallest absolute Gasteiger partial charge is 0.149 e. The van der Waals surface area contributed by atoms with E-state index in [2.05, 4.69) is 21.4 Å². The van der Waals surface area contributed by atoms with Crippen molar-refractivity contribution in [1.82, 2.24) is 4.68 Å². The number of benzene rings is 3. The molecule has 2 nitrogen and oxygen atoms in total. The van der Waals surface area contributed by atoms with Gasteiger partial charge in [0.2, 0.25) is 0 Å². The highest BCUT2D eigenvalue weighted by atomic mass is 79.9. The zero-order valence-corrected chi connectivity index (χ0v) is 13.1. The molecule has 0 radical (unpaired) electrons. The quantitative estimate of drug-likeness (QED) is 0.497. The molecule has 0 spiro atoms.